The third-order valence-electron chi connectivity index (χ3n) is 2.71. The molecule has 0 aliphatic heterocycles. The van der Waals surface area contributed by atoms with Gasteiger partial charge >= 0.3 is 0 Å². The van der Waals surface area contributed by atoms with Crippen molar-refractivity contribution in [2.24, 2.45) is 13.0 Å². The van der Waals surface area contributed by atoms with Gasteiger partial charge in [0.05, 0.1) is 11.3 Å². The van der Waals surface area contributed by atoms with Crippen LogP contribution in [0.15, 0.2) is 6.20 Å². The number of aromatic nitrogens is 2. The summed E-state index contributed by atoms with van der Waals surface area (Å²) in [6.45, 7) is 8.51. The Bertz CT molecular complexity index is 418. The van der Waals surface area contributed by atoms with Crippen LogP contribution in [0.5, 0.6) is 0 Å². The monoisotopic (exact) mass is 253 g/mol. The Morgan fingerprint density at radius 3 is 2.67 bits per heavy atom. The van der Waals surface area contributed by atoms with E-state index in [2.05, 4.69) is 10.4 Å². The molecule has 0 aliphatic rings. The van der Waals surface area contributed by atoms with Crippen LogP contribution in [-0.4, -0.2) is 33.9 Å². The summed E-state index contributed by atoms with van der Waals surface area (Å²) in [6, 6.07) is 0. The first-order valence-electron chi connectivity index (χ1n) is 6.19. The van der Waals surface area contributed by atoms with Crippen molar-refractivity contribution in [3.8, 4) is 0 Å². The molecule has 0 saturated heterocycles. The molecule has 1 atom stereocenters. The van der Waals surface area contributed by atoms with Crippen LogP contribution in [-0.2, 0) is 12.5 Å². The fraction of sp³-hybridized carbons (Fsp3) is 0.692. The van der Waals surface area contributed by atoms with Crippen LogP contribution in [0.25, 0.3) is 0 Å². The van der Waals surface area contributed by atoms with E-state index in [1.165, 1.54) is 0 Å². The summed E-state index contributed by atoms with van der Waals surface area (Å²) in [5.74, 6) is -0.0722. The number of amides is 1. The van der Waals surface area contributed by atoms with Crippen molar-refractivity contribution in [1.82, 2.24) is 15.1 Å². The van der Waals surface area contributed by atoms with Gasteiger partial charge in [0.1, 0.15) is 0 Å². The third-order valence-corrected chi connectivity index (χ3v) is 2.71. The van der Waals surface area contributed by atoms with Gasteiger partial charge in [0.2, 0.25) is 0 Å². The van der Waals surface area contributed by atoms with Crippen LogP contribution < -0.4 is 5.32 Å². The van der Waals surface area contributed by atoms with Crippen LogP contribution in [0.1, 0.15) is 43.7 Å². The van der Waals surface area contributed by atoms with Gasteiger partial charge in [0, 0.05) is 31.8 Å². The maximum absolute atomic E-state index is 12.1. The molecule has 0 fully saturated rings. The summed E-state index contributed by atoms with van der Waals surface area (Å²) >= 11 is 0. The Morgan fingerprint density at radius 2 is 2.17 bits per heavy atom. The zero-order chi connectivity index (χ0) is 13.9. The molecule has 2 N–H and O–H groups in total. The minimum absolute atomic E-state index is 0.0590. The van der Waals surface area contributed by atoms with Crippen molar-refractivity contribution < 1.29 is 9.90 Å². The molecule has 1 aromatic rings. The van der Waals surface area contributed by atoms with Gasteiger partial charge in [-0.2, -0.15) is 5.10 Å². The molecular weight excluding hydrogens is 230 g/mol. The molecule has 0 radical (unpaired) electrons. The van der Waals surface area contributed by atoms with Gasteiger partial charge in [-0.25, -0.2) is 0 Å². The summed E-state index contributed by atoms with van der Waals surface area (Å²) in [4.78, 5) is 12.1. The number of rotatable bonds is 4. The lowest BCUT2D eigenvalue weighted by Gasteiger charge is -2.17. The summed E-state index contributed by atoms with van der Waals surface area (Å²) in [5, 5.41) is 16.1. The molecule has 0 aliphatic carbocycles. The number of carbonyl (C=O) groups is 1. The quantitative estimate of drug-likeness (QED) is 0.843. The fourth-order valence-electron chi connectivity index (χ4n) is 1.64. The number of hydrogen-bond acceptors (Lipinski definition) is 3. The summed E-state index contributed by atoms with van der Waals surface area (Å²) in [6.07, 6.45) is 1.74. The second-order valence-electron chi connectivity index (χ2n) is 5.81. The second-order valence-corrected chi connectivity index (χ2v) is 5.81. The molecule has 5 heteroatoms. The van der Waals surface area contributed by atoms with Crippen LogP contribution in [0.4, 0.5) is 0 Å². The van der Waals surface area contributed by atoms with Gasteiger partial charge in [0.25, 0.3) is 5.91 Å². The zero-order valence-electron chi connectivity index (χ0n) is 11.8. The SMILES string of the molecule is CC(CO)CNC(=O)c1cn(C)nc1C(C)(C)C. The average molecular weight is 253 g/mol. The van der Waals surface area contributed by atoms with Crippen LogP contribution in [0.2, 0.25) is 0 Å². The van der Waals surface area contributed by atoms with E-state index in [1.807, 2.05) is 34.7 Å². The topological polar surface area (TPSA) is 67.2 Å². The van der Waals surface area contributed by atoms with E-state index in [-0.39, 0.29) is 23.8 Å². The number of aliphatic hydroxyl groups excluding tert-OH is 1. The number of hydrogen-bond donors (Lipinski definition) is 2. The largest absolute Gasteiger partial charge is 0.396 e. The van der Waals surface area contributed by atoms with Crippen molar-refractivity contribution in [3.63, 3.8) is 0 Å². The summed E-state index contributed by atoms with van der Waals surface area (Å²) < 4.78 is 1.66. The van der Waals surface area contributed by atoms with Crippen molar-refractivity contribution in [1.29, 1.82) is 0 Å². The summed E-state index contributed by atoms with van der Waals surface area (Å²) in [5.41, 5.74) is 1.23. The molecular formula is C13H23N3O2. The van der Waals surface area contributed by atoms with Gasteiger partial charge in [0.15, 0.2) is 0 Å². The van der Waals surface area contributed by atoms with E-state index in [0.717, 1.165) is 5.69 Å². The maximum atomic E-state index is 12.1. The first kappa shape index (κ1) is 14.7. The molecule has 1 aromatic heterocycles. The molecule has 0 bridgehead atoms. The molecule has 5 nitrogen and oxygen atoms in total. The predicted molar refractivity (Wildman–Crippen MR) is 70.5 cm³/mol. The fourth-order valence-corrected chi connectivity index (χ4v) is 1.64. The number of aryl methyl sites for hydroxylation is 1. The Labute approximate surface area is 108 Å². The minimum Gasteiger partial charge on any atom is -0.396 e. The van der Waals surface area contributed by atoms with E-state index >= 15 is 0 Å². The summed E-state index contributed by atoms with van der Waals surface area (Å²) in [7, 11) is 1.81. The molecule has 102 valence electrons. The van der Waals surface area contributed by atoms with Crippen LogP contribution >= 0.6 is 0 Å². The highest BCUT2D eigenvalue weighted by molar-refractivity contribution is 5.95. The average Bonchev–Trinajstić information content (AvgIpc) is 2.67. The second kappa shape index (κ2) is 5.52. The van der Waals surface area contributed by atoms with E-state index in [9.17, 15) is 4.79 Å². The molecule has 1 amide bonds. The van der Waals surface area contributed by atoms with Gasteiger partial charge in [-0.05, 0) is 5.92 Å². The van der Waals surface area contributed by atoms with Gasteiger partial charge in [-0.3, -0.25) is 9.48 Å². The molecule has 1 unspecified atom stereocenters. The lowest BCUT2D eigenvalue weighted by molar-refractivity contribution is 0.0940. The van der Waals surface area contributed by atoms with E-state index in [1.54, 1.807) is 10.9 Å². The Morgan fingerprint density at radius 1 is 1.56 bits per heavy atom. The molecule has 1 rings (SSSR count). The van der Waals surface area contributed by atoms with Crippen molar-refractivity contribution in [3.05, 3.63) is 17.5 Å². The highest BCUT2D eigenvalue weighted by Gasteiger charge is 2.25. The van der Waals surface area contributed by atoms with E-state index in [0.29, 0.717) is 12.1 Å². The van der Waals surface area contributed by atoms with Gasteiger partial charge in [-0.1, -0.05) is 27.7 Å². The normalized spacial score (nSPS) is 13.4. The van der Waals surface area contributed by atoms with E-state index in [4.69, 9.17) is 5.11 Å². The lowest BCUT2D eigenvalue weighted by Crippen LogP contribution is -2.31. The first-order chi connectivity index (χ1) is 8.25. The Kier molecular flexibility index (Phi) is 4.51. The van der Waals surface area contributed by atoms with Gasteiger partial charge in [-0.15, -0.1) is 0 Å². The molecule has 18 heavy (non-hydrogen) atoms. The number of nitrogens with zero attached hydrogens (tertiary/aromatic N) is 2. The standard InChI is InChI=1S/C13H23N3O2/c1-9(8-17)6-14-12(18)10-7-16(5)15-11(10)13(2,3)4/h7,9,17H,6,8H2,1-5H3,(H,14,18). The van der Waals surface area contributed by atoms with Crippen LogP contribution in [0, 0.1) is 5.92 Å². The third kappa shape index (κ3) is 3.57. The Balaban J connectivity index is 2.86. The van der Waals surface area contributed by atoms with E-state index < -0.39 is 0 Å². The highest BCUT2D eigenvalue weighted by Crippen LogP contribution is 2.23. The van der Waals surface area contributed by atoms with Crippen molar-refractivity contribution in [2.45, 2.75) is 33.1 Å². The number of carbonyl (C=O) groups excluding carboxylic acids is 1. The van der Waals surface area contributed by atoms with Crippen molar-refractivity contribution >= 4 is 5.91 Å². The first-order valence-corrected chi connectivity index (χ1v) is 6.19. The molecule has 0 spiro atoms. The zero-order valence-corrected chi connectivity index (χ0v) is 11.8. The molecule has 0 saturated carbocycles. The van der Waals surface area contributed by atoms with Crippen molar-refractivity contribution in [2.75, 3.05) is 13.2 Å². The number of nitrogens with one attached hydrogen (secondary N) is 1. The predicted octanol–water partition coefficient (Wildman–Crippen LogP) is 1.08. The Hall–Kier alpha value is -1.36. The number of aliphatic hydroxyl groups is 1. The van der Waals surface area contributed by atoms with Gasteiger partial charge < -0.3 is 10.4 Å². The highest BCUT2D eigenvalue weighted by atomic mass is 16.3. The molecule has 1 heterocycles. The van der Waals surface area contributed by atoms with Crippen LogP contribution in [0.3, 0.4) is 0 Å². The lowest BCUT2D eigenvalue weighted by atomic mass is 9.89. The minimum atomic E-state index is -0.170. The maximum Gasteiger partial charge on any atom is 0.254 e. The smallest absolute Gasteiger partial charge is 0.254 e. The molecule has 0 aromatic carbocycles.